The molecule has 7 heteroatoms. The second kappa shape index (κ2) is 6.82. The van der Waals surface area contributed by atoms with E-state index in [1.165, 1.54) is 0 Å². The van der Waals surface area contributed by atoms with E-state index in [0.717, 1.165) is 24.7 Å². The predicted octanol–water partition coefficient (Wildman–Crippen LogP) is 1.96. The van der Waals surface area contributed by atoms with Crippen LogP contribution in [0.3, 0.4) is 0 Å². The minimum atomic E-state index is -0.00747. The standard InChI is InChI=1S/C17H21N3O4/c1-12-10-16(18-24-12)19-6-8-20(9-7-19)17(21)13-4-5-14(22-2)15(11-13)23-3/h4-5,10-11H,6-9H2,1-3H3. The summed E-state index contributed by atoms with van der Waals surface area (Å²) >= 11 is 0. The van der Waals surface area contributed by atoms with Crippen molar-refractivity contribution in [3.8, 4) is 11.5 Å². The Bertz CT molecular complexity index is 720. The lowest BCUT2D eigenvalue weighted by atomic mass is 10.1. The van der Waals surface area contributed by atoms with E-state index in [1.54, 1.807) is 32.4 Å². The highest BCUT2D eigenvalue weighted by atomic mass is 16.5. The third kappa shape index (κ3) is 3.15. The van der Waals surface area contributed by atoms with Crippen molar-refractivity contribution in [3.05, 3.63) is 35.6 Å². The molecule has 0 spiro atoms. The van der Waals surface area contributed by atoms with Crippen LogP contribution in [0.1, 0.15) is 16.1 Å². The van der Waals surface area contributed by atoms with E-state index >= 15 is 0 Å². The van der Waals surface area contributed by atoms with Crippen LogP contribution in [0.2, 0.25) is 0 Å². The van der Waals surface area contributed by atoms with Crippen LogP contribution in [0.15, 0.2) is 28.8 Å². The van der Waals surface area contributed by atoms with Crippen molar-refractivity contribution in [2.75, 3.05) is 45.3 Å². The Labute approximate surface area is 140 Å². The van der Waals surface area contributed by atoms with E-state index in [9.17, 15) is 4.79 Å². The number of hydrogen-bond donors (Lipinski definition) is 0. The van der Waals surface area contributed by atoms with Gasteiger partial charge >= 0.3 is 0 Å². The molecule has 24 heavy (non-hydrogen) atoms. The zero-order valence-corrected chi connectivity index (χ0v) is 14.1. The molecule has 3 rings (SSSR count). The van der Waals surface area contributed by atoms with Crippen LogP contribution in [-0.4, -0.2) is 56.4 Å². The Balaban J connectivity index is 1.67. The fraction of sp³-hybridized carbons (Fsp3) is 0.412. The first-order valence-electron chi connectivity index (χ1n) is 7.82. The summed E-state index contributed by atoms with van der Waals surface area (Å²) in [6.07, 6.45) is 0. The molecule has 0 radical (unpaired) electrons. The maximum absolute atomic E-state index is 12.7. The SMILES string of the molecule is COc1ccc(C(=O)N2CCN(c3cc(C)on3)CC2)cc1OC. The van der Waals surface area contributed by atoms with Crippen LogP contribution in [0.5, 0.6) is 11.5 Å². The summed E-state index contributed by atoms with van der Waals surface area (Å²) in [6.45, 7) is 4.60. The normalized spacial score (nSPS) is 14.6. The van der Waals surface area contributed by atoms with Gasteiger partial charge in [0.15, 0.2) is 17.3 Å². The van der Waals surface area contributed by atoms with Gasteiger partial charge in [-0.25, -0.2) is 0 Å². The topological polar surface area (TPSA) is 68.0 Å². The van der Waals surface area contributed by atoms with E-state index in [2.05, 4.69) is 10.1 Å². The number of amides is 1. The number of piperazine rings is 1. The number of anilines is 1. The molecule has 1 aliphatic heterocycles. The van der Waals surface area contributed by atoms with Crippen molar-refractivity contribution in [2.45, 2.75) is 6.92 Å². The van der Waals surface area contributed by atoms with E-state index in [1.807, 2.05) is 17.9 Å². The summed E-state index contributed by atoms with van der Waals surface area (Å²) < 4.78 is 15.6. The van der Waals surface area contributed by atoms with Gasteiger partial charge in [-0.2, -0.15) is 0 Å². The second-order valence-corrected chi connectivity index (χ2v) is 5.64. The third-order valence-corrected chi connectivity index (χ3v) is 4.14. The quantitative estimate of drug-likeness (QED) is 0.853. The molecular weight excluding hydrogens is 310 g/mol. The van der Waals surface area contributed by atoms with Crippen LogP contribution in [0, 0.1) is 6.92 Å². The number of methoxy groups -OCH3 is 2. The Hall–Kier alpha value is -2.70. The van der Waals surface area contributed by atoms with Crippen molar-refractivity contribution >= 4 is 11.7 Å². The highest BCUT2D eigenvalue weighted by Gasteiger charge is 2.24. The average Bonchev–Trinajstić information content (AvgIpc) is 3.07. The van der Waals surface area contributed by atoms with Gasteiger partial charge in [0, 0.05) is 37.8 Å². The third-order valence-electron chi connectivity index (χ3n) is 4.14. The van der Waals surface area contributed by atoms with E-state index in [4.69, 9.17) is 14.0 Å². The Morgan fingerprint density at radius 2 is 1.79 bits per heavy atom. The monoisotopic (exact) mass is 331 g/mol. The fourth-order valence-electron chi connectivity index (χ4n) is 2.79. The molecule has 0 aliphatic carbocycles. The number of nitrogens with zero attached hydrogens (tertiary/aromatic N) is 3. The summed E-state index contributed by atoms with van der Waals surface area (Å²) in [5.74, 6) is 2.77. The molecule has 1 fully saturated rings. The van der Waals surface area contributed by atoms with E-state index < -0.39 is 0 Å². The lowest BCUT2D eigenvalue weighted by Gasteiger charge is -2.34. The van der Waals surface area contributed by atoms with Gasteiger partial charge in [0.05, 0.1) is 14.2 Å². The van der Waals surface area contributed by atoms with Crippen molar-refractivity contribution < 1.29 is 18.8 Å². The molecule has 0 unspecified atom stereocenters. The highest BCUT2D eigenvalue weighted by Crippen LogP contribution is 2.28. The van der Waals surface area contributed by atoms with Gasteiger partial charge in [0.25, 0.3) is 5.91 Å². The molecule has 1 aromatic carbocycles. The zero-order chi connectivity index (χ0) is 17.1. The van der Waals surface area contributed by atoms with Crippen LogP contribution in [-0.2, 0) is 0 Å². The Kier molecular flexibility index (Phi) is 4.59. The number of rotatable bonds is 4. The first-order valence-corrected chi connectivity index (χ1v) is 7.82. The molecule has 0 atom stereocenters. The molecule has 2 aromatic rings. The number of benzene rings is 1. The number of aryl methyl sites for hydroxylation is 1. The van der Waals surface area contributed by atoms with Crippen LogP contribution >= 0.6 is 0 Å². The maximum atomic E-state index is 12.7. The maximum Gasteiger partial charge on any atom is 0.254 e. The summed E-state index contributed by atoms with van der Waals surface area (Å²) in [4.78, 5) is 16.6. The summed E-state index contributed by atoms with van der Waals surface area (Å²) in [5, 5.41) is 4.03. The number of ether oxygens (including phenoxy) is 2. The lowest BCUT2D eigenvalue weighted by molar-refractivity contribution is 0.0746. The highest BCUT2D eigenvalue weighted by molar-refractivity contribution is 5.95. The second-order valence-electron chi connectivity index (χ2n) is 5.64. The van der Waals surface area contributed by atoms with Gasteiger partial charge < -0.3 is 23.8 Å². The minimum absolute atomic E-state index is 0.00747. The number of carbonyl (C=O) groups is 1. The fourth-order valence-corrected chi connectivity index (χ4v) is 2.79. The average molecular weight is 331 g/mol. The molecule has 0 saturated carbocycles. The summed E-state index contributed by atoms with van der Waals surface area (Å²) in [6, 6.07) is 7.14. The summed E-state index contributed by atoms with van der Waals surface area (Å²) in [7, 11) is 3.13. The molecule has 7 nitrogen and oxygen atoms in total. The molecule has 2 heterocycles. The first-order chi connectivity index (χ1) is 11.6. The van der Waals surface area contributed by atoms with Crippen LogP contribution in [0.4, 0.5) is 5.82 Å². The van der Waals surface area contributed by atoms with Gasteiger partial charge in [-0.05, 0) is 25.1 Å². The number of aromatic nitrogens is 1. The zero-order valence-electron chi connectivity index (χ0n) is 14.1. The van der Waals surface area contributed by atoms with Crippen LogP contribution < -0.4 is 14.4 Å². The molecule has 1 saturated heterocycles. The summed E-state index contributed by atoms with van der Waals surface area (Å²) in [5.41, 5.74) is 0.596. The first kappa shape index (κ1) is 16.2. The van der Waals surface area contributed by atoms with Crippen molar-refractivity contribution in [1.82, 2.24) is 10.1 Å². The molecule has 128 valence electrons. The molecule has 0 N–H and O–H groups in total. The van der Waals surface area contributed by atoms with Crippen molar-refractivity contribution in [3.63, 3.8) is 0 Å². The minimum Gasteiger partial charge on any atom is -0.493 e. The van der Waals surface area contributed by atoms with Gasteiger partial charge in [-0.15, -0.1) is 0 Å². The van der Waals surface area contributed by atoms with Crippen molar-refractivity contribution in [2.24, 2.45) is 0 Å². The van der Waals surface area contributed by atoms with Gasteiger partial charge in [0.1, 0.15) is 5.76 Å². The molecule has 1 aromatic heterocycles. The van der Waals surface area contributed by atoms with Gasteiger partial charge in [-0.3, -0.25) is 4.79 Å². The molecular formula is C17H21N3O4. The largest absolute Gasteiger partial charge is 0.493 e. The van der Waals surface area contributed by atoms with E-state index in [-0.39, 0.29) is 5.91 Å². The molecule has 1 amide bonds. The van der Waals surface area contributed by atoms with Crippen LogP contribution in [0.25, 0.3) is 0 Å². The smallest absolute Gasteiger partial charge is 0.254 e. The predicted molar refractivity (Wildman–Crippen MR) is 88.9 cm³/mol. The van der Waals surface area contributed by atoms with Gasteiger partial charge in [0.2, 0.25) is 0 Å². The Morgan fingerprint density at radius 1 is 1.08 bits per heavy atom. The molecule has 1 aliphatic rings. The van der Waals surface area contributed by atoms with Gasteiger partial charge in [-0.1, -0.05) is 5.16 Å². The van der Waals surface area contributed by atoms with Crippen molar-refractivity contribution in [1.29, 1.82) is 0 Å². The Morgan fingerprint density at radius 3 is 2.38 bits per heavy atom. The lowest BCUT2D eigenvalue weighted by Crippen LogP contribution is -2.48. The number of carbonyl (C=O) groups excluding carboxylic acids is 1. The molecule has 0 bridgehead atoms. The number of hydrogen-bond acceptors (Lipinski definition) is 6. The van der Waals surface area contributed by atoms with E-state index in [0.29, 0.717) is 30.2 Å².